The largest absolute Gasteiger partial charge is 0.465 e. The highest BCUT2D eigenvalue weighted by atomic mass is 35.5. The number of aldehydes is 1. The molecule has 132 valence electrons. The van der Waals surface area contributed by atoms with Crippen LogP contribution in [0.2, 0.25) is 5.02 Å². The Morgan fingerprint density at radius 2 is 2.00 bits per heavy atom. The minimum Gasteiger partial charge on any atom is -0.465 e. The van der Waals surface area contributed by atoms with Crippen LogP contribution in [0.5, 0.6) is 0 Å². The summed E-state index contributed by atoms with van der Waals surface area (Å²) < 4.78 is 39.8. The third-order valence-electron chi connectivity index (χ3n) is 2.94. The summed E-state index contributed by atoms with van der Waals surface area (Å²) in [6, 6.07) is 1.82. The van der Waals surface area contributed by atoms with Crippen molar-refractivity contribution in [1.29, 1.82) is 0 Å². The fourth-order valence-corrected chi connectivity index (χ4v) is 3.18. The molecule has 0 aliphatic carbocycles. The average Bonchev–Trinajstić information content (AvgIpc) is 2.54. The first-order chi connectivity index (χ1) is 11.7. The number of amides is 1. The first kappa shape index (κ1) is 19.0. The number of rotatable bonds is 5. The molecule has 0 fully saturated rings. The number of alkyl halides is 3. The van der Waals surface area contributed by atoms with Crippen molar-refractivity contribution in [2.24, 2.45) is 0 Å². The molecule has 2 aromatic rings. The summed E-state index contributed by atoms with van der Waals surface area (Å²) in [6.07, 6.45) is -3.27. The highest BCUT2D eigenvalue weighted by Gasteiger charge is 2.35. The molecule has 0 spiro atoms. The van der Waals surface area contributed by atoms with Crippen LogP contribution in [0, 0.1) is 0 Å². The number of hydrogen-bond donors (Lipinski definition) is 2. The average molecular weight is 392 g/mol. The topological polar surface area (TPSA) is 92.2 Å². The number of aromatic nitrogens is 2. The molecule has 1 heterocycles. The number of nitrogens with one attached hydrogen (secondary N) is 1. The van der Waals surface area contributed by atoms with Gasteiger partial charge in [0.2, 0.25) is 0 Å². The van der Waals surface area contributed by atoms with E-state index < -0.39 is 24.4 Å². The van der Waals surface area contributed by atoms with Gasteiger partial charge in [-0.15, -0.1) is 0 Å². The van der Waals surface area contributed by atoms with Gasteiger partial charge in [-0.3, -0.25) is 4.79 Å². The molecule has 0 atom stereocenters. The Balaban J connectivity index is 2.58. The van der Waals surface area contributed by atoms with E-state index >= 15 is 0 Å². The lowest BCUT2D eigenvalue weighted by molar-refractivity contribution is -0.138. The molecule has 1 amide bonds. The number of benzene rings is 1. The molecule has 0 saturated heterocycles. The molecule has 11 heteroatoms. The lowest BCUT2D eigenvalue weighted by atomic mass is 10.1. The molecule has 25 heavy (non-hydrogen) atoms. The van der Waals surface area contributed by atoms with Gasteiger partial charge >= 0.3 is 12.3 Å². The number of carbonyl (C=O) groups is 2. The van der Waals surface area contributed by atoms with Crippen LogP contribution in [0.15, 0.2) is 34.4 Å². The second kappa shape index (κ2) is 7.70. The predicted octanol–water partition coefficient (Wildman–Crippen LogP) is 3.88. The fraction of sp³-hybridized carbons (Fsp3) is 0.143. The van der Waals surface area contributed by atoms with Crippen molar-refractivity contribution in [1.82, 2.24) is 15.3 Å². The first-order valence-corrected chi connectivity index (χ1v) is 7.73. The Hall–Kier alpha value is -2.33. The van der Waals surface area contributed by atoms with Gasteiger partial charge in [-0.25, -0.2) is 14.8 Å². The van der Waals surface area contributed by atoms with Gasteiger partial charge in [-0.2, -0.15) is 13.2 Å². The summed E-state index contributed by atoms with van der Waals surface area (Å²) in [6.45, 7) is -0.621. The van der Waals surface area contributed by atoms with Crippen LogP contribution in [0.25, 0.3) is 0 Å². The quantitative estimate of drug-likeness (QED) is 0.751. The molecule has 0 radical (unpaired) electrons. The van der Waals surface area contributed by atoms with Crippen LogP contribution in [-0.2, 0) is 12.7 Å². The van der Waals surface area contributed by atoms with Crippen LogP contribution >= 0.6 is 23.4 Å². The van der Waals surface area contributed by atoms with Crippen molar-refractivity contribution < 1.29 is 27.9 Å². The highest BCUT2D eigenvalue weighted by Crippen LogP contribution is 2.42. The highest BCUT2D eigenvalue weighted by molar-refractivity contribution is 7.99. The van der Waals surface area contributed by atoms with E-state index in [-0.39, 0.29) is 26.2 Å². The summed E-state index contributed by atoms with van der Waals surface area (Å²) in [7, 11) is 0. The van der Waals surface area contributed by atoms with E-state index in [9.17, 15) is 22.8 Å². The molecule has 0 saturated carbocycles. The molecule has 6 nitrogen and oxygen atoms in total. The first-order valence-electron chi connectivity index (χ1n) is 6.53. The lowest BCUT2D eigenvalue weighted by Gasteiger charge is -2.18. The molecule has 0 bridgehead atoms. The van der Waals surface area contributed by atoms with Gasteiger partial charge in [0.25, 0.3) is 0 Å². The van der Waals surface area contributed by atoms with Crippen molar-refractivity contribution in [3.05, 3.63) is 46.4 Å². The van der Waals surface area contributed by atoms with E-state index in [2.05, 4.69) is 9.97 Å². The van der Waals surface area contributed by atoms with Crippen LogP contribution in [0.4, 0.5) is 18.0 Å². The van der Waals surface area contributed by atoms with E-state index in [1.165, 1.54) is 12.4 Å². The summed E-state index contributed by atoms with van der Waals surface area (Å²) in [5.74, 6) is 0. The maximum absolute atomic E-state index is 13.3. The van der Waals surface area contributed by atoms with E-state index in [0.29, 0.717) is 18.0 Å². The van der Waals surface area contributed by atoms with Crippen molar-refractivity contribution in [3.8, 4) is 0 Å². The van der Waals surface area contributed by atoms with Gasteiger partial charge in [0, 0.05) is 23.8 Å². The zero-order chi connectivity index (χ0) is 18.6. The summed E-state index contributed by atoms with van der Waals surface area (Å²) in [4.78, 5) is 29.3. The third-order valence-corrected chi connectivity index (χ3v) is 4.54. The van der Waals surface area contributed by atoms with Gasteiger partial charge in [0.05, 0.1) is 10.6 Å². The number of carbonyl (C=O) groups excluding carboxylic acids is 1. The van der Waals surface area contributed by atoms with Gasteiger partial charge in [-0.1, -0.05) is 23.4 Å². The van der Waals surface area contributed by atoms with E-state index in [0.717, 1.165) is 12.1 Å². The maximum Gasteiger partial charge on any atom is 0.416 e. The van der Waals surface area contributed by atoms with Gasteiger partial charge in [0.1, 0.15) is 10.7 Å². The SMILES string of the molecule is O=Cc1nccnc1Sc1c(Cl)ccc(C(F)(F)F)c1CNC(=O)O. The summed E-state index contributed by atoms with van der Waals surface area (Å²) in [5.41, 5.74) is -1.47. The predicted molar refractivity (Wildman–Crippen MR) is 82.9 cm³/mol. The molecule has 2 rings (SSSR count). The number of halogens is 4. The summed E-state index contributed by atoms with van der Waals surface area (Å²) in [5, 5.41) is 10.6. The van der Waals surface area contributed by atoms with E-state index in [4.69, 9.17) is 16.7 Å². The monoisotopic (exact) mass is 391 g/mol. The van der Waals surface area contributed by atoms with Crippen molar-refractivity contribution >= 4 is 35.7 Å². The van der Waals surface area contributed by atoms with Crippen LogP contribution in [0.3, 0.4) is 0 Å². The Kier molecular flexibility index (Phi) is 5.85. The zero-order valence-corrected chi connectivity index (χ0v) is 13.7. The number of hydrogen-bond acceptors (Lipinski definition) is 5. The van der Waals surface area contributed by atoms with E-state index in [1.54, 1.807) is 0 Å². The second-order valence-electron chi connectivity index (χ2n) is 4.53. The second-order valence-corrected chi connectivity index (χ2v) is 5.93. The van der Waals surface area contributed by atoms with Gasteiger partial charge in [0.15, 0.2) is 6.29 Å². The van der Waals surface area contributed by atoms with Gasteiger partial charge < -0.3 is 10.4 Å². The molecule has 0 unspecified atom stereocenters. The Morgan fingerprint density at radius 3 is 2.60 bits per heavy atom. The Labute approximate surface area is 148 Å². The van der Waals surface area contributed by atoms with Crippen molar-refractivity contribution in [3.63, 3.8) is 0 Å². The van der Waals surface area contributed by atoms with Gasteiger partial charge in [-0.05, 0) is 17.7 Å². The zero-order valence-electron chi connectivity index (χ0n) is 12.2. The fourth-order valence-electron chi connectivity index (χ4n) is 1.91. The lowest BCUT2D eigenvalue weighted by Crippen LogP contribution is -2.23. The van der Waals surface area contributed by atoms with Crippen molar-refractivity contribution in [2.75, 3.05) is 0 Å². The van der Waals surface area contributed by atoms with Crippen LogP contribution < -0.4 is 5.32 Å². The molecule has 1 aromatic carbocycles. The molecule has 0 aliphatic rings. The van der Waals surface area contributed by atoms with E-state index in [1.807, 2.05) is 5.32 Å². The van der Waals surface area contributed by atoms with Crippen LogP contribution in [0.1, 0.15) is 21.6 Å². The Morgan fingerprint density at radius 1 is 1.32 bits per heavy atom. The van der Waals surface area contributed by atoms with Crippen molar-refractivity contribution in [2.45, 2.75) is 22.6 Å². The molecular formula is C14H9ClF3N3O3S. The smallest absolute Gasteiger partial charge is 0.416 e. The minimum atomic E-state index is -4.72. The normalized spacial score (nSPS) is 11.2. The molecule has 1 aromatic heterocycles. The Bertz CT molecular complexity index is 818. The number of nitrogens with zero attached hydrogens (tertiary/aromatic N) is 2. The van der Waals surface area contributed by atoms with Crippen LogP contribution in [-0.4, -0.2) is 27.5 Å². The third kappa shape index (κ3) is 4.60. The summed E-state index contributed by atoms with van der Waals surface area (Å²) >= 11 is 6.72. The standard InChI is InChI=1S/C14H9ClF3N3O3S/c15-9-2-1-8(14(16,17)18)7(5-21-13(23)24)11(9)25-12-10(6-22)19-3-4-20-12/h1-4,6,21H,5H2,(H,23,24). The maximum atomic E-state index is 13.3. The minimum absolute atomic E-state index is 0.0392. The molecular weight excluding hydrogens is 383 g/mol. The molecule has 0 aliphatic heterocycles. The number of carboxylic acid groups (broad SMARTS) is 1. The molecule has 2 N–H and O–H groups in total.